The standard InChI is InChI=1S/C11H10BrNO2/c1-14-8-5-7-3-4-13-11(12)10(7)9(6-8)15-2/h3-6H,1-2H3. The van der Waals surface area contributed by atoms with Crippen molar-refractivity contribution in [2.75, 3.05) is 14.2 Å². The molecule has 2 aromatic rings. The van der Waals surface area contributed by atoms with Crippen LogP contribution in [0.15, 0.2) is 29.0 Å². The molecule has 2 rings (SSSR count). The van der Waals surface area contributed by atoms with E-state index in [9.17, 15) is 0 Å². The van der Waals surface area contributed by atoms with Crippen LogP contribution in [0, 0.1) is 0 Å². The van der Waals surface area contributed by atoms with Gasteiger partial charge in [0.05, 0.1) is 19.6 Å². The Morgan fingerprint density at radius 3 is 2.67 bits per heavy atom. The molecule has 1 aromatic heterocycles. The lowest BCUT2D eigenvalue weighted by Crippen LogP contribution is -1.90. The molecule has 0 spiro atoms. The van der Waals surface area contributed by atoms with Crippen molar-refractivity contribution in [3.63, 3.8) is 0 Å². The lowest BCUT2D eigenvalue weighted by atomic mass is 10.1. The molecule has 0 atom stereocenters. The monoisotopic (exact) mass is 267 g/mol. The molecule has 0 saturated heterocycles. The Balaban J connectivity index is 2.81. The summed E-state index contributed by atoms with van der Waals surface area (Å²) in [5.74, 6) is 1.53. The van der Waals surface area contributed by atoms with Crippen molar-refractivity contribution in [3.05, 3.63) is 29.0 Å². The Bertz CT molecular complexity index is 499. The molecule has 0 amide bonds. The Kier molecular flexibility index (Phi) is 2.77. The SMILES string of the molecule is COc1cc(OC)c2c(Br)nccc2c1. The van der Waals surface area contributed by atoms with E-state index in [-0.39, 0.29) is 0 Å². The van der Waals surface area contributed by atoms with Gasteiger partial charge in [0, 0.05) is 12.3 Å². The summed E-state index contributed by atoms with van der Waals surface area (Å²) in [4.78, 5) is 4.17. The quantitative estimate of drug-likeness (QED) is 0.784. The lowest BCUT2D eigenvalue weighted by Gasteiger charge is -2.09. The molecule has 78 valence electrons. The normalized spacial score (nSPS) is 10.3. The summed E-state index contributed by atoms with van der Waals surface area (Å²) in [6.07, 6.45) is 1.74. The third-order valence-corrected chi connectivity index (χ3v) is 2.81. The summed E-state index contributed by atoms with van der Waals surface area (Å²) in [5, 5.41) is 1.99. The fourth-order valence-electron chi connectivity index (χ4n) is 1.49. The Labute approximate surface area is 96.2 Å². The van der Waals surface area contributed by atoms with Gasteiger partial charge in [0.1, 0.15) is 16.1 Å². The average molecular weight is 268 g/mol. The largest absolute Gasteiger partial charge is 0.497 e. The van der Waals surface area contributed by atoms with Crippen LogP contribution in [0.5, 0.6) is 11.5 Å². The number of fused-ring (bicyclic) bond motifs is 1. The van der Waals surface area contributed by atoms with Crippen molar-refractivity contribution in [2.45, 2.75) is 0 Å². The van der Waals surface area contributed by atoms with E-state index in [1.54, 1.807) is 20.4 Å². The second-order valence-electron chi connectivity index (χ2n) is 3.03. The summed E-state index contributed by atoms with van der Waals surface area (Å²) in [5.41, 5.74) is 0. The highest BCUT2D eigenvalue weighted by molar-refractivity contribution is 9.10. The van der Waals surface area contributed by atoms with Crippen molar-refractivity contribution in [1.29, 1.82) is 0 Å². The molecule has 15 heavy (non-hydrogen) atoms. The second-order valence-corrected chi connectivity index (χ2v) is 3.78. The summed E-state index contributed by atoms with van der Waals surface area (Å²) in [7, 11) is 3.27. The third kappa shape index (κ3) is 1.77. The van der Waals surface area contributed by atoms with E-state index in [1.807, 2.05) is 18.2 Å². The fourth-order valence-corrected chi connectivity index (χ4v) is 2.03. The van der Waals surface area contributed by atoms with Gasteiger partial charge in [-0.25, -0.2) is 4.98 Å². The zero-order valence-electron chi connectivity index (χ0n) is 8.45. The molecule has 0 saturated carbocycles. The number of benzene rings is 1. The number of rotatable bonds is 2. The molecule has 0 aliphatic carbocycles. The maximum atomic E-state index is 5.30. The first-order valence-electron chi connectivity index (χ1n) is 4.42. The predicted octanol–water partition coefficient (Wildman–Crippen LogP) is 3.01. The third-order valence-electron chi connectivity index (χ3n) is 2.21. The zero-order chi connectivity index (χ0) is 10.8. The fraction of sp³-hybridized carbons (Fsp3) is 0.182. The smallest absolute Gasteiger partial charge is 0.133 e. The molecule has 0 fully saturated rings. The van der Waals surface area contributed by atoms with Crippen LogP contribution in [-0.2, 0) is 0 Å². The number of nitrogens with zero attached hydrogens (tertiary/aromatic N) is 1. The first-order chi connectivity index (χ1) is 7.26. The number of pyridine rings is 1. The van der Waals surface area contributed by atoms with E-state index in [2.05, 4.69) is 20.9 Å². The molecular formula is C11H10BrNO2. The van der Waals surface area contributed by atoms with E-state index < -0.39 is 0 Å². The minimum Gasteiger partial charge on any atom is -0.497 e. The van der Waals surface area contributed by atoms with Crippen molar-refractivity contribution in [3.8, 4) is 11.5 Å². The highest BCUT2D eigenvalue weighted by Gasteiger charge is 2.08. The van der Waals surface area contributed by atoms with Crippen LogP contribution in [-0.4, -0.2) is 19.2 Å². The Morgan fingerprint density at radius 1 is 1.20 bits per heavy atom. The van der Waals surface area contributed by atoms with Crippen LogP contribution < -0.4 is 9.47 Å². The summed E-state index contributed by atoms with van der Waals surface area (Å²) in [6, 6.07) is 5.71. The van der Waals surface area contributed by atoms with Crippen molar-refractivity contribution in [1.82, 2.24) is 4.98 Å². The van der Waals surface area contributed by atoms with Crippen LogP contribution in [0.3, 0.4) is 0 Å². The van der Waals surface area contributed by atoms with Crippen LogP contribution >= 0.6 is 15.9 Å². The van der Waals surface area contributed by atoms with Crippen LogP contribution in [0.25, 0.3) is 10.8 Å². The van der Waals surface area contributed by atoms with E-state index in [0.717, 1.165) is 26.9 Å². The molecule has 0 unspecified atom stereocenters. The van der Waals surface area contributed by atoms with E-state index >= 15 is 0 Å². The molecule has 0 aliphatic heterocycles. The Morgan fingerprint density at radius 2 is 2.00 bits per heavy atom. The van der Waals surface area contributed by atoms with Gasteiger partial charge in [-0.1, -0.05) is 0 Å². The Hall–Kier alpha value is -1.29. The minimum absolute atomic E-state index is 0.754. The number of aromatic nitrogens is 1. The van der Waals surface area contributed by atoms with Gasteiger partial charge >= 0.3 is 0 Å². The van der Waals surface area contributed by atoms with Gasteiger partial charge < -0.3 is 9.47 Å². The van der Waals surface area contributed by atoms with Gasteiger partial charge in [0.25, 0.3) is 0 Å². The van der Waals surface area contributed by atoms with E-state index in [4.69, 9.17) is 9.47 Å². The van der Waals surface area contributed by atoms with E-state index in [0.29, 0.717) is 0 Å². The molecular weight excluding hydrogens is 258 g/mol. The van der Waals surface area contributed by atoms with Crippen molar-refractivity contribution < 1.29 is 9.47 Å². The van der Waals surface area contributed by atoms with Crippen molar-refractivity contribution >= 4 is 26.7 Å². The molecule has 0 aliphatic rings. The van der Waals surface area contributed by atoms with Gasteiger partial charge in [-0.15, -0.1) is 0 Å². The van der Waals surface area contributed by atoms with Crippen LogP contribution in [0.1, 0.15) is 0 Å². The lowest BCUT2D eigenvalue weighted by molar-refractivity contribution is 0.398. The zero-order valence-corrected chi connectivity index (χ0v) is 10.0. The predicted molar refractivity (Wildman–Crippen MR) is 62.5 cm³/mol. The summed E-state index contributed by atoms with van der Waals surface area (Å²) in [6.45, 7) is 0. The summed E-state index contributed by atoms with van der Waals surface area (Å²) < 4.78 is 11.3. The maximum absolute atomic E-state index is 5.30. The first-order valence-corrected chi connectivity index (χ1v) is 5.22. The topological polar surface area (TPSA) is 31.4 Å². The minimum atomic E-state index is 0.754. The molecule has 0 bridgehead atoms. The highest BCUT2D eigenvalue weighted by atomic mass is 79.9. The van der Waals surface area contributed by atoms with Gasteiger partial charge in [0.15, 0.2) is 0 Å². The molecule has 1 heterocycles. The van der Waals surface area contributed by atoms with Gasteiger partial charge in [-0.2, -0.15) is 0 Å². The number of hydrogen-bond donors (Lipinski definition) is 0. The number of halogens is 1. The van der Waals surface area contributed by atoms with Crippen molar-refractivity contribution in [2.24, 2.45) is 0 Å². The molecule has 0 N–H and O–H groups in total. The average Bonchev–Trinajstić information content (AvgIpc) is 2.27. The van der Waals surface area contributed by atoms with E-state index in [1.165, 1.54) is 0 Å². The number of methoxy groups -OCH3 is 2. The molecule has 3 nitrogen and oxygen atoms in total. The second kappa shape index (κ2) is 4.06. The highest BCUT2D eigenvalue weighted by Crippen LogP contribution is 2.34. The van der Waals surface area contributed by atoms with Gasteiger partial charge in [0.2, 0.25) is 0 Å². The first kappa shape index (κ1) is 10.2. The number of hydrogen-bond acceptors (Lipinski definition) is 3. The molecule has 0 radical (unpaired) electrons. The molecule has 1 aromatic carbocycles. The van der Waals surface area contributed by atoms with Gasteiger partial charge in [-0.3, -0.25) is 0 Å². The van der Waals surface area contributed by atoms with Crippen LogP contribution in [0.4, 0.5) is 0 Å². The maximum Gasteiger partial charge on any atom is 0.133 e. The van der Waals surface area contributed by atoms with Gasteiger partial charge in [-0.05, 0) is 33.4 Å². The number of ether oxygens (including phenoxy) is 2. The summed E-state index contributed by atoms with van der Waals surface area (Å²) >= 11 is 3.40. The molecule has 4 heteroatoms. The van der Waals surface area contributed by atoms with Crippen LogP contribution in [0.2, 0.25) is 0 Å².